The molecule has 2 atom stereocenters. The molecule has 1 fully saturated rings. The van der Waals surface area contributed by atoms with E-state index in [2.05, 4.69) is 13.8 Å². The molecule has 0 aromatic carbocycles. The van der Waals surface area contributed by atoms with E-state index in [1.165, 1.54) is 0 Å². The highest BCUT2D eigenvalue weighted by molar-refractivity contribution is 6.44. The van der Waals surface area contributed by atoms with Gasteiger partial charge in [-0.15, -0.1) is 23.2 Å². The Bertz CT molecular complexity index is 134. The Hall–Kier alpha value is 0.540. The molecule has 10 heavy (non-hydrogen) atoms. The highest BCUT2D eigenvalue weighted by Crippen LogP contribution is 2.54. The van der Waals surface area contributed by atoms with E-state index in [9.17, 15) is 5.11 Å². The first-order valence-electron chi connectivity index (χ1n) is 3.41. The van der Waals surface area contributed by atoms with Crippen molar-refractivity contribution in [1.82, 2.24) is 0 Å². The molecule has 1 saturated carbocycles. The van der Waals surface area contributed by atoms with Crippen LogP contribution in [-0.2, 0) is 0 Å². The van der Waals surface area contributed by atoms with E-state index in [0.717, 1.165) is 6.42 Å². The van der Waals surface area contributed by atoms with Crippen LogP contribution >= 0.6 is 23.2 Å². The second-order valence-electron chi connectivity index (χ2n) is 3.62. The average molecular weight is 183 g/mol. The molecule has 0 heterocycles. The Labute approximate surface area is 71.3 Å². The first kappa shape index (κ1) is 8.63. The van der Waals surface area contributed by atoms with E-state index in [4.69, 9.17) is 23.2 Å². The first-order valence-corrected chi connectivity index (χ1v) is 4.28. The second-order valence-corrected chi connectivity index (χ2v) is 4.79. The summed E-state index contributed by atoms with van der Waals surface area (Å²) in [5.74, 6) is 0.299. The lowest BCUT2D eigenvalue weighted by Gasteiger charge is -2.12. The molecule has 60 valence electrons. The van der Waals surface area contributed by atoms with Gasteiger partial charge in [-0.2, -0.15) is 0 Å². The Balaban J connectivity index is 2.40. The van der Waals surface area contributed by atoms with Crippen molar-refractivity contribution >= 4 is 23.2 Å². The van der Waals surface area contributed by atoms with Crippen LogP contribution in [0.4, 0.5) is 0 Å². The van der Waals surface area contributed by atoms with Gasteiger partial charge in [0.2, 0.25) is 0 Å². The van der Waals surface area contributed by atoms with Gasteiger partial charge in [0.25, 0.3) is 0 Å². The van der Waals surface area contributed by atoms with Crippen LogP contribution in [0.2, 0.25) is 0 Å². The molecule has 3 heteroatoms. The number of hydrogen-bond donors (Lipinski definition) is 1. The number of aliphatic hydroxyl groups excluding tert-OH is 1. The SMILES string of the molecule is CC1(C)CC1C(O)C(Cl)Cl. The Morgan fingerprint density at radius 2 is 1.90 bits per heavy atom. The smallest absolute Gasteiger partial charge is 0.133 e. The molecule has 1 nitrogen and oxygen atoms in total. The summed E-state index contributed by atoms with van der Waals surface area (Å²) in [5, 5.41) is 9.34. The lowest BCUT2D eigenvalue weighted by Crippen LogP contribution is -2.20. The van der Waals surface area contributed by atoms with Crippen LogP contribution in [0.25, 0.3) is 0 Å². The molecule has 0 aliphatic heterocycles. The van der Waals surface area contributed by atoms with Crippen molar-refractivity contribution in [2.75, 3.05) is 0 Å². The van der Waals surface area contributed by atoms with Crippen molar-refractivity contribution < 1.29 is 5.11 Å². The number of hydrogen-bond acceptors (Lipinski definition) is 1. The van der Waals surface area contributed by atoms with Gasteiger partial charge in [0.05, 0.1) is 6.10 Å². The molecule has 2 unspecified atom stereocenters. The summed E-state index contributed by atoms with van der Waals surface area (Å²) in [6.07, 6.45) is 0.489. The molecule has 0 saturated heterocycles. The van der Waals surface area contributed by atoms with E-state index < -0.39 is 10.9 Å². The van der Waals surface area contributed by atoms with Crippen molar-refractivity contribution in [3.8, 4) is 0 Å². The van der Waals surface area contributed by atoms with Gasteiger partial charge in [0, 0.05) is 0 Å². The van der Waals surface area contributed by atoms with Crippen LogP contribution in [0.5, 0.6) is 0 Å². The van der Waals surface area contributed by atoms with Gasteiger partial charge in [-0.05, 0) is 17.8 Å². The fourth-order valence-electron chi connectivity index (χ4n) is 1.27. The van der Waals surface area contributed by atoms with Gasteiger partial charge in [-0.3, -0.25) is 0 Å². The van der Waals surface area contributed by atoms with Crippen LogP contribution in [0.15, 0.2) is 0 Å². The van der Waals surface area contributed by atoms with Crippen LogP contribution in [-0.4, -0.2) is 16.0 Å². The molecule has 1 N–H and O–H groups in total. The van der Waals surface area contributed by atoms with E-state index in [1.807, 2.05) is 0 Å². The largest absolute Gasteiger partial charge is 0.390 e. The predicted molar refractivity (Wildman–Crippen MR) is 43.4 cm³/mol. The number of alkyl halides is 2. The third kappa shape index (κ3) is 1.58. The lowest BCUT2D eigenvalue weighted by atomic mass is 10.1. The summed E-state index contributed by atoms with van der Waals surface area (Å²) in [5.41, 5.74) is 0.251. The predicted octanol–water partition coefficient (Wildman–Crippen LogP) is 2.20. The van der Waals surface area contributed by atoms with E-state index >= 15 is 0 Å². The fraction of sp³-hybridized carbons (Fsp3) is 1.00. The maximum absolute atomic E-state index is 9.34. The van der Waals surface area contributed by atoms with Crippen LogP contribution in [0.3, 0.4) is 0 Å². The maximum Gasteiger partial charge on any atom is 0.133 e. The Morgan fingerprint density at radius 3 is 2.00 bits per heavy atom. The zero-order chi connectivity index (χ0) is 7.94. The molecule has 1 aliphatic rings. The summed E-state index contributed by atoms with van der Waals surface area (Å²) in [4.78, 5) is -0.633. The number of aliphatic hydroxyl groups is 1. The molecular weight excluding hydrogens is 171 g/mol. The van der Waals surface area contributed by atoms with Gasteiger partial charge in [-0.1, -0.05) is 13.8 Å². The van der Waals surface area contributed by atoms with Crippen molar-refractivity contribution in [3.63, 3.8) is 0 Å². The van der Waals surface area contributed by atoms with Crippen molar-refractivity contribution in [1.29, 1.82) is 0 Å². The minimum atomic E-state index is -0.633. The van der Waals surface area contributed by atoms with Crippen molar-refractivity contribution in [3.05, 3.63) is 0 Å². The van der Waals surface area contributed by atoms with Gasteiger partial charge >= 0.3 is 0 Å². The van der Waals surface area contributed by atoms with Crippen molar-refractivity contribution in [2.45, 2.75) is 31.2 Å². The summed E-state index contributed by atoms with van der Waals surface area (Å²) < 4.78 is 0. The molecular formula is C7H12Cl2O. The molecule has 1 rings (SSSR count). The monoisotopic (exact) mass is 182 g/mol. The average Bonchev–Trinajstić information content (AvgIpc) is 2.38. The maximum atomic E-state index is 9.34. The molecule has 0 spiro atoms. The minimum Gasteiger partial charge on any atom is -0.390 e. The zero-order valence-electron chi connectivity index (χ0n) is 6.14. The summed E-state index contributed by atoms with van der Waals surface area (Å²) in [6, 6.07) is 0. The lowest BCUT2D eigenvalue weighted by molar-refractivity contribution is 0.150. The standard InChI is InChI=1S/C7H12Cl2O/c1-7(2)3-4(7)5(10)6(8)9/h4-6,10H,3H2,1-2H3. The Morgan fingerprint density at radius 1 is 1.50 bits per heavy atom. The third-order valence-corrected chi connectivity index (χ3v) is 2.78. The van der Waals surface area contributed by atoms with E-state index in [-0.39, 0.29) is 5.41 Å². The van der Waals surface area contributed by atoms with Crippen molar-refractivity contribution in [2.24, 2.45) is 11.3 Å². The van der Waals surface area contributed by atoms with Gasteiger partial charge < -0.3 is 5.11 Å². The zero-order valence-corrected chi connectivity index (χ0v) is 7.65. The quantitative estimate of drug-likeness (QED) is 0.650. The molecule has 0 aromatic heterocycles. The normalized spacial score (nSPS) is 32.4. The first-order chi connectivity index (χ1) is 4.45. The van der Waals surface area contributed by atoms with Crippen LogP contribution < -0.4 is 0 Å². The third-order valence-electron chi connectivity index (χ3n) is 2.26. The molecule has 0 bridgehead atoms. The fourth-order valence-corrected chi connectivity index (χ4v) is 1.62. The molecule has 1 aliphatic carbocycles. The molecule has 0 amide bonds. The topological polar surface area (TPSA) is 20.2 Å². The number of halogens is 2. The van der Waals surface area contributed by atoms with E-state index in [0.29, 0.717) is 5.92 Å². The second kappa shape index (κ2) is 2.54. The Kier molecular flexibility index (Phi) is 2.20. The molecule has 0 radical (unpaired) electrons. The summed E-state index contributed by atoms with van der Waals surface area (Å²) in [7, 11) is 0. The highest BCUT2D eigenvalue weighted by Gasteiger charge is 2.51. The summed E-state index contributed by atoms with van der Waals surface area (Å²) >= 11 is 11.0. The van der Waals surface area contributed by atoms with Crippen LogP contribution in [0, 0.1) is 11.3 Å². The highest BCUT2D eigenvalue weighted by atomic mass is 35.5. The molecule has 0 aromatic rings. The van der Waals surface area contributed by atoms with E-state index in [1.54, 1.807) is 0 Å². The van der Waals surface area contributed by atoms with Gasteiger partial charge in [0.15, 0.2) is 0 Å². The van der Waals surface area contributed by atoms with Gasteiger partial charge in [0.1, 0.15) is 4.84 Å². The van der Waals surface area contributed by atoms with Gasteiger partial charge in [-0.25, -0.2) is 0 Å². The summed E-state index contributed by atoms with van der Waals surface area (Å²) in [6.45, 7) is 4.22. The number of rotatable bonds is 2. The minimum absolute atomic E-state index is 0.251. The van der Waals surface area contributed by atoms with Crippen LogP contribution in [0.1, 0.15) is 20.3 Å².